The van der Waals surface area contributed by atoms with Crippen LogP contribution < -0.4 is 5.73 Å². The summed E-state index contributed by atoms with van der Waals surface area (Å²) in [6.07, 6.45) is 2.97. The highest BCUT2D eigenvalue weighted by Gasteiger charge is 2.17. The second-order valence-electron chi connectivity index (χ2n) is 4.41. The van der Waals surface area contributed by atoms with E-state index < -0.39 is 0 Å². The molecule has 5 heteroatoms. The molecule has 19 heavy (non-hydrogen) atoms. The summed E-state index contributed by atoms with van der Waals surface area (Å²) in [5.74, 6) is 0.0580. The van der Waals surface area contributed by atoms with Crippen LogP contribution >= 0.6 is 15.9 Å². The molecular formula is C14H16BrN3O. The lowest BCUT2D eigenvalue weighted by atomic mass is 10.1. The first-order valence-corrected chi connectivity index (χ1v) is 7.00. The molecule has 0 bridgehead atoms. The zero-order chi connectivity index (χ0) is 13.8. The van der Waals surface area contributed by atoms with E-state index in [1.165, 1.54) is 0 Å². The van der Waals surface area contributed by atoms with Crippen LogP contribution in [0.2, 0.25) is 0 Å². The van der Waals surface area contributed by atoms with Gasteiger partial charge in [-0.05, 0) is 40.0 Å². The minimum absolute atomic E-state index is 0.0580. The third-order valence-electron chi connectivity index (χ3n) is 2.84. The van der Waals surface area contributed by atoms with Crippen molar-refractivity contribution in [3.63, 3.8) is 0 Å². The van der Waals surface area contributed by atoms with Gasteiger partial charge >= 0.3 is 0 Å². The van der Waals surface area contributed by atoms with Crippen molar-refractivity contribution in [2.45, 2.75) is 26.3 Å². The van der Waals surface area contributed by atoms with E-state index in [1.54, 1.807) is 23.0 Å². The molecule has 0 unspecified atom stereocenters. The normalized spacial score (nSPS) is 10.6. The second kappa shape index (κ2) is 6.02. The van der Waals surface area contributed by atoms with Crippen molar-refractivity contribution in [2.24, 2.45) is 0 Å². The van der Waals surface area contributed by atoms with Crippen molar-refractivity contribution in [3.8, 4) is 0 Å². The van der Waals surface area contributed by atoms with Crippen molar-refractivity contribution in [2.75, 3.05) is 5.73 Å². The fourth-order valence-electron chi connectivity index (χ4n) is 1.93. The summed E-state index contributed by atoms with van der Waals surface area (Å²) >= 11 is 3.39. The van der Waals surface area contributed by atoms with Crippen molar-refractivity contribution in [1.29, 1.82) is 0 Å². The van der Waals surface area contributed by atoms with E-state index in [4.69, 9.17) is 5.73 Å². The lowest BCUT2D eigenvalue weighted by molar-refractivity contribution is 0.0981. The second-order valence-corrected chi connectivity index (χ2v) is 5.26. The Morgan fingerprint density at radius 1 is 1.37 bits per heavy atom. The van der Waals surface area contributed by atoms with Crippen LogP contribution in [-0.2, 0) is 13.0 Å². The number of anilines is 1. The standard InChI is InChI=1S/C14H16BrN3O/c1-2-7-18-14(12(15)9-17-18)13(19)8-10-3-5-11(16)6-4-10/h3-6,9H,2,7-8,16H2,1H3. The topological polar surface area (TPSA) is 60.9 Å². The molecule has 2 aromatic rings. The highest BCUT2D eigenvalue weighted by atomic mass is 79.9. The van der Waals surface area contributed by atoms with Gasteiger partial charge in [-0.15, -0.1) is 0 Å². The van der Waals surface area contributed by atoms with E-state index in [9.17, 15) is 4.79 Å². The molecule has 0 atom stereocenters. The molecule has 1 aromatic carbocycles. The molecule has 0 spiro atoms. The summed E-state index contributed by atoms with van der Waals surface area (Å²) in [7, 11) is 0. The van der Waals surface area contributed by atoms with E-state index >= 15 is 0 Å². The first-order chi connectivity index (χ1) is 9.11. The van der Waals surface area contributed by atoms with Gasteiger partial charge < -0.3 is 5.73 Å². The van der Waals surface area contributed by atoms with E-state index in [-0.39, 0.29) is 5.78 Å². The van der Waals surface area contributed by atoms with Gasteiger partial charge in [0, 0.05) is 18.7 Å². The van der Waals surface area contributed by atoms with Gasteiger partial charge in [-0.1, -0.05) is 19.1 Å². The van der Waals surface area contributed by atoms with Crippen LogP contribution in [0.15, 0.2) is 34.9 Å². The minimum atomic E-state index is 0.0580. The quantitative estimate of drug-likeness (QED) is 0.680. The van der Waals surface area contributed by atoms with Crippen molar-refractivity contribution >= 4 is 27.4 Å². The van der Waals surface area contributed by atoms with Gasteiger partial charge in [0.1, 0.15) is 5.69 Å². The molecule has 100 valence electrons. The van der Waals surface area contributed by atoms with Gasteiger partial charge in [0.25, 0.3) is 0 Å². The van der Waals surface area contributed by atoms with Crippen molar-refractivity contribution < 1.29 is 4.79 Å². The molecule has 0 aliphatic rings. The fourth-order valence-corrected chi connectivity index (χ4v) is 2.44. The average molecular weight is 322 g/mol. The van der Waals surface area contributed by atoms with Gasteiger partial charge in [-0.25, -0.2) is 0 Å². The van der Waals surface area contributed by atoms with Crippen molar-refractivity contribution in [1.82, 2.24) is 9.78 Å². The highest BCUT2D eigenvalue weighted by Crippen LogP contribution is 2.19. The van der Waals surface area contributed by atoms with Crippen LogP contribution in [0.25, 0.3) is 0 Å². The molecule has 1 aromatic heterocycles. The van der Waals surface area contributed by atoms with Crippen LogP contribution in [0.4, 0.5) is 5.69 Å². The Hall–Kier alpha value is -1.62. The number of aromatic nitrogens is 2. The van der Waals surface area contributed by atoms with Gasteiger partial charge in [0.05, 0.1) is 10.7 Å². The molecule has 0 aliphatic carbocycles. The molecule has 0 amide bonds. The number of nitrogens with zero attached hydrogens (tertiary/aromatic N) is 2. The Balaban J connectivity index is 2.20. The van der Waals surface area contributed by atoms with Crippen LogP contribution in [0.3, 0.4) is 0 Å². The summed E-state index contributed by atoms with van der Waals surface area (Å²) in [5, 5.41) is 4.21. The van der Waals surface area contributed by atoms with Crippen LogP contribution in [0, 0.1) is 0 Å². The number of nitrogen functional groups attached to an aromatic ring is 1. The predicted octanol–water partition coefficient (Wildman–Crippen LogP) is 3.06. The number of carbonyl (C=O) groups excluding carboxylic acids is 1. The molecule has 0 saturated heterocycles. The van der Waals surface area contributed by atoms with E-state index in [0.717, 1.165) is 23.0 Å². The number of hydrogen-bond donors (Lipinski definition) is 1. The van der Waals surface area contributed by atoms with E-state index in [1.807, 2.05) is 12.1 Å². The Morgan fingerprint density at radius 2 is 2.05 bits per heavy atom. The number of benzene rings is 1. The smallest absolute Gasteiger partial charge is 0.186 e. The first-order valence-electron chi connectivity index (χ1n) is 6.20. The zero-order valence-electron chi connectivity index (χ0n) is 10.8. The number of rotatable bonds is 5. The Kier molecular flexibility index (Phi) is 4.37. The average Bonchev–Trinajstić information content (AvgIpc) is 2.74. The monoisotopic (exact) mass is 321 g/mol. The fraction of sp³-hybridized carbons (Fsp3) is 0.286. The number of carbonyl (C=O) groups is 1. The third kappa shape index (κ3) is 3.23. The van der Waals surface area contributed by atoms with Gasteiger partial charge in [-0.2, -0.15) is 5.10 Å². The van der Waals surface area contributed by atoms with Gasteiger partial charge in [0.15, 0.2) is 5.78 Å². The van der Waals surface area contributed by atoms with Gasteiger partial charge in [-0.3, -0.25) is 9.48 Å². The van der Waals surface area contributed by atoms with Crippen LogP contribution in [0.5, 0.6) is 0 Å². The number of halogens is 1. The Morgan fingerprint density at radius 3 is 2.68 bits per heavy atom. The molecule has 4 nitrogen and oxygen atoms in total. The molecule has 2 N–H and O–H groups in total. The summed E-state index contributed by atoms with van der Waals surface area (Å²) < 4.78 is 2.50. The summed E-state index contributed by atoms with van der Waals surface area (Å²) in [5.41, 5.74) is 7.93. The van der Waals surface area contributed by atoms with E-state index in [2.05, 4.69) is 28.0 Å². The lowest BCUT2D eigenvalue weighted by Crippen LogP contribution is -2.13. The third-order valence-corrected chi connectivity index (χ3v) is 3.42. The molecule has 2 rings (SSSR count). The van der Waals surface area contributed by atoms with Crippen LogP contribution in [-0.4, -0.2) is 15.6 Å². The first kappa shape index (κ1) is 13.8. The number of ketones is 1. The number of Topliss-reactive ketones (excluding diaryl/α,β-unsaturated/α-hetero) is 1. The largest absolute Gasteiger partial charge is 0.399 e. The summed E-state index contributed by atoms with van der Waals surface area (Å²) in [6, 6.07) is 7.37. The molecule has 0 fully saturated rings. The molecule has 0 saturated carbocycles. The Bertz CT molecular complexity index is 575. The Labute approximate surface area is 120 Å². The molecule has 0 radical (unpaired) electrons. The predicted molar refractivity (Wildman–Crippen MR) is 79.1 cm³/mol. The number of nitrogens with two attached hydrogens (primary N) is 1. The molecule has 1 heterocycles. The molecule has 0 aliphatic heterocycles. The zero-order valence-corrected chi connectivity index (χ0v) is 12.4. The van der Waals surface area contributed by atoms with Crippen molar-refractivity contribution in [3.05, 3.63) is 46.2 Å². The highest BCUT2D eigenvalue weighted by molar-refractivity contribution is 9.10. The number of aryl methyl sites for hydroxylation is 1. The summed E-state index contributed by atoms with van der Waals surface area (Å²) in [4.78, 5) is 12.4. The maximum absolute atomic E-state index is 12.4. The summed E-state index contributed by atoms with van der Waals surface area (Å²) in [6.45, 7) is 2.80. The number of hydrogen-bond acceptors (Lipinski definition) is 3. The molecular weight excluding hydrogens is 306 g/mol. The SMILES string of the molecule is CCCn1ncc(Br)c1C(=O)Cc1ccc(N)cc1. The maximum Gasteiger partial charge on any atom is 0.186 e. The van der Waals surface area contributed by atoms with Gasteiger partial charge in [0.2, 0.25) is 0 Å². The lowest BCUT2D eigenvalue weighted by Gasteiger charge is -2.06. The van der Waals surface area contributed by atoms with Crippen LogP contribution in [0.1, 0.15) is 29.4 Å². The maximum atomic E-state index is 12.4. The minimum Gasteiger partial charge on any atom is -0.399 e. The van der Waals surface area contributed by atoms with E-state index in [0.29, 0.717) is 17.8 Å².